The number of aromatic amines is 1. The molecule has 3 rings (SSSR count). The van der Waals surface area contributed by atoms with Gasteiger partial charge >= 0.3 is 5.97 Å². The molecule has 0 spiro atoms. The van der Waals surface area contributed by atoms with E-state index in [-0.39, 0.29) is 24.5 Å². The van der Waals surface area contributed by atoms with E-state index in [4.69, 9.17) is 4.74 Å². The van der Waals surface area contributed by atoms with Crippen LogP contribution in [0.4, 0.5) is 5.69 Å². The lowest BCUT2D eigenvalue weighted by Gasteiger charge is -2.08. The summed E-state index contributed by atoms with van der Waals surface area (Å²) in [7, 11) is 0. The van der Waals surface area contributed by atoms with Crippen molar-refractivity contribution >= 4 is 28.3 Å². The highest BCUT2D eigenvalue weighted by Gasteiger charge is 2.12. The zero-order valence-corrected chi connectivity index (χ0v) is 14.1. The van der Waals surface area contributed by atoms with E-state index < -0.39 is 5.97 Å². The number of rotatable bonds is 5. The van der Waals surface area contributed by atoms with E-state index in [0.717, 1.165) is 5.56 Å². The van der Waals surface area contributed by atoms with Gasteiger partial charge in [0.15, 0.2) is 0 Å². The first-order valence-electron chi connectivity index (χ1n) is 8.01. The van der Waals surface area contributed by atoms with Gasteiger partial charge in [0, 0.05) is 18.0 Å². The summed E-state index contributed by atoms with van der Waals surface area (Å²) in [6.07, 6.45) is -0.0529. The van der Waals surface area contributed by atoms with Crippen LogP contribution in [0.3, 0.4) is 0 Å². The van der Waals surface area contributed by atoms with Crippen molar-refractivity contribution in [3.8, 4) is 0 Å². The molecule has 2 N–H and O–H groups in total. The first-order chi connectivity index (χ1) is 12.5. The van der Waals surface area contributed by atoms with Crippen molar-refractivity contribution < 1.29 is 14.3 Å². The minimum Gasteiger partial charge on any atom is -0.461 e. The number of H-pyrrole nitrogens is 1. The van der Waals surface area contributed by atoms with E-state index in [2.05, 4.69) is 15.5 Å². The van der Waals surface area contributed by atoms with Crippen LogP contribution in [0.1, 0.15) is 18.2 Å². The maximum absolute atomic E-state index is 12.2. The Bertz CT molecular complexity index is 1030. The van der Waals surface area contributed by atoms with Crippen molar-refractivity contribution in [2.75, 3.05) is 5.32 Å². The molecule has 0 aliphatic rings. The molecule has 7 nitrogen and oxygen atoms in total. The third-order valence-electron chi connectivity index (χ3n) is 3.73. The molecule has 0 aliphatic carbocycles. The molecule has 7 heteroatoms. The summed E-state index contributed by atoms with van der Waals surface area (Å²) < 4.78 is 5.29. The predicted molar refractivity (Wildman–Crippen MR) is 96.6 cm³/mol. The predicted octanol–water partition coefficient (Wildman–Crippen LogP) is 2.17. The highest BCUT2D eigenvalue weighted by molar-refractivity contribution is 5.89. The van der Waals surface area contributed by atoms with E-state index >= 15 is 0 Å². The van der Waals surface area contributed by atoms with E-state index in [1.807, 2.05) is 0 Å². The van der Waals surface area contributed by atoms with Crippen molar-refractivity contribution in [1.29, 1.82) is 0 Å². The lowest BCUT2D eigenvalue weighted by atomic mass is 10.1. The number of carbonyl (C=O) groups is 2. The number of esters is 1. The molecule has 132 valence electrons. The first-order valence-corrected chi connectivity index (χ1v) is 8.01. The summed E-state index contributed by atoms with van der Waals surface area (Å²) in [6.45, 7) is 1.50. The molecule has 0 atom stereocenters. The van der Waals surface area contributed by atoms with Gasteiger partial charge in [0.05, 0.1) is 17.5 Å². The quantitative estimate of drug-likeness (QED) is 0.686. The molecular formula is C19H17N3O4. The molecule has 0 fully saturated rings. The number of ether oxygens (including phenoxy) is 1. The average molecular weight is 351 g/mol. The molecule has 0 bridgehead atoms. The highest BCUT2D eigenvalue weighted by atomic mass is 16.5. The van der Waals surface area contributed by atoms with E-state index in [9.17, 15) is 14.4 Å². The number of amides is 1. The Kier molecular flexibility index (Phi) is 5.07. The zero-order chi connectivity index (χ0) is 18.5. The van der Waals surface area contributed by atoms with E-state index in [1.54, 1.807) is 48.5 Å². The van der Waals surface area contributed by atoms with Crippen molar-refractivity contribution in [2.24, 2.45) is 0 Å². The molecule has 1 heterocycles. The second-order valence-corrected chi connectivity index (χ2v) is 5.76. The zero-order valence-electron chi connectivity index (χ0n) is 14.1. The fraction of sp³-hybridized carbons (Fsp3) is 0.158. The number of aromatic nitrogens is 2. The number of benzene rings is 2. The van der Waals surface area contributed by atoms with Gasteiger partial charge in [-0.15, -0.1) is 0 Å². The smallest absolute Gasteiger partial charge is 0.312 e. The molecule has 0 unspecified atom stereocenters. The Balaban J connectivity index is 1.68. The summed E-state index contributed by atoms with van der Waals surface area (Å²) in [5.41, 5.74) is 1.55. The second kappa shape index (κ2) is 7.60. The van der Waals surface area contributed by atoms with Gasteiger partial charge in [-0.3, -0.25) is 14.4 Å². The fourth-order valence-corrected chi connectivity index (χ4v) is 2.60. The number of hydrogen-bond acceptors (Lipinski definition) is 5. The van der Waals surface area contributed by atoms with Crippen LogP contribution in [0.25, 0.3) is 10.8 Å². The third-order valence-corrected chi connectivity index (χ3v) is 3.73. The largest absolute Gasteiger partial charge is 0.461 e. The number of fused-ring (bicyclic) bond motifs is 1. The molecule has 26 heavy (non-hydrogen) atoms. The Morgan fingerprint density at radius 2 is 1.88 bits per heavy atom. The lowest BCUT2D eigenvalue weighted by molar-refractivity contribution is -0.144. The van der Waals surface area contributed by atoms with Gasteiger partial charge in [-0.25, -0.2) is 5.10 Å². The van der Waals surface area contributed by atoms with Crippen LogP contribution in [-0.2, 0) is 27.4 Å². The normalized spacial score (nSPS) is 10.5. The molecule has 1 amide bonds. The van der Waals surface area contributed by atoms with Crippen LogP contribution in [0.15, 0.2) is 53.3 Å². The second-order valence-electron chi connectivity index (χ2n) is 5.76. The van der Waals surface area contributed by atoms with Gasteiger partial charge in [0.25, 0.3) is 5.56 Å². The number of anilines is 1. The van der Waals surface area contributed by atoms with Gasteiger partial charge in [0.2, 0.25) is 5.91 Å². The van der Waals surface area contributed by atoms with Gasteiger partial charge in [0.1, 0.15) is 6.61 Å². The van der Waals surface area contributed by atoms with Crippen molar-refractivity contribution in [2.45, 2.75) is 20.0 Å². The van der Waals surface area contributed by atoms with Crippen LogP contribution in [0.2, 0.25) is 0 Å². The molecular weight excluding hydrogens is 334 g/mol. The minimum absolute atomic E-state index is 0.0529. The molecule has 0 radical (unpaired) electrons. The molecule has 1 aromatic heterocycles. The van der Waals surface area contributed by atoms with E-state index in [1.165, 1.54) is 6.92 Å². The summed E-state index contributed by atoms with van der Waals surface area (Å²) in [6, 6.07) is 14.0. The molecule has 2 aromatic carbocycles. The summed E-state index contributed by atoms with van der Waals surface area (Å²) in [5.74, 6) is -0.630. The van der Waals surface area contributed by atoms with Crippen molar-refractivity contribution in [3.05, 3.63) is 70.1 Å². The average Bonchev–Trinajstić information content (AvgIpc) is 2.62. The molecule has 3 aromatic rings. The topological polar surface area (TPSA) is 101 Å². The summed E-state index contributed by atoms with van der Waals surface area (Å²) in [4.78, 5) is 35.0. The standard InChI is InChI=1S/C19H17N3O4/c1-12(23)20-14-6-4-5-13(9-14)11-26-18(24)10-17-15-7-2-3-8-16(15)19(25)22-21-17/h2-9H,10-11H2,1H3,(H,20,23)(H,22,25). The highest BCUT2D eigenvalue weighted by Crippen LogP contribution is 2.15. The Morgan fingerprint density at radius 3 is 2.65 bits per heavy atom. The van der Waals surface area contributed by atoms with Crippen molar-refractivity contribution in [1.82, 2.24) is 10.2 Å². The van der Waals surface area contributed by atoms with Crippen LogP contribution in [0, 0.1) is 0 Å². The van der Waals surface area contributed by atoms with Crippen LogP contribution in [0.5, 0.6) is 0 Å². The Hall–Kier alpha value is -3.48. The minimum atomic E-state index is -0.459. The number of hydrogen-bond donors (Lipinski definition) is 2. The summed E-state index contributed by atoms with van der Waals surface area (Å²) >= 11 is 0. The Morgan fingerprint density at radius 1 is 1.12 bits per heavy atom. The van der Waals surface area contributed by atoms with Gasteiger partial charge in [-0.2, -0.15) is 5.10 Å². The van der Waals surface area contributed by atoms with Crippen LogP contribution in [-0.4, -0.2) is 22.1 Å². The van der Waals surface area contributed by atoms with Gasteiger partial charge in [-0.1, -0.05) is 30.3 Å². The van der Waals surface area contributed by atoms with Crippen LogP contribution < -0.4 is 10.9 Å². The van der Waals surface area contributed by atoms with Gasteiger partial charge < -0.3 is 10.1 Å². The van der Waals surface area contributed by atoms with Gasteiger partial charge in [-0.05, 0) is 23.8 Å². The maximum atomic E-state index is 12.2. The monoisotopic (exact) mass is 351 g/mol. The maximum Gasteiger partial charge on any atom is 0.312 e. The molecule has 0 saturated heterocycles. The Labute approximate surface area is 149 Å². The third kappa shape index (κ3) is 4.13. The summed E-state index contributed by atoms with van der Waals surface area (Å²) in [5, 5.41) is 10.1. The molecule has 0 aliphatic heterocycles. The lowest BCUT2D eigenvalue weighted by Crippen LogP contribution is -2.15. The van der Waals surface area contributed by atoms with E-state index in [0.29, 0.717) is 22.2 Å². The molecule has 0 saturated carbocycles. The number of nitrogens with zero attached hydrogens (tertiary/aromatic N) is 1. The SMILES string of the molecule is CC(=O)Nc1cccc(COC(=O)Cc2n[nH]c(=O)c3ccccc23)c1. The van der Waals surface area contributed by atoms with Crippen LogP contribution >= 0.6 is 0 Å². The first kappa shape index (κ1) is 17.3. The van der Waals surface area contributed by atoms with Crippen molar-refractivity contribution in [3.63, 3.8) is 0 Å². The fourth-order valence-electron chi connectivity index (χ4n) is 2.60. The number of nitrogens with one attached hydrogen (secondary N) is 2. The number of carbonyl (C=O) groups excluding carboxylic acids is 2.